The summed E-state index contributed by atoms with van der Waals surface area (Å²) in [4.78, 5) is 49.2. The van der Waals surface area contributed by atoms with Gasteiger partial charge < -0.3 is 20.1 Å². The van der Waals surface area contributed by atoms with E-state index in [0.29, 0.717) is 19.4 Å². The molecule has 4 rings (SSSR count). The fourth-order valence-electron chi connectivity index (χ4n) is 4.03. The number of piperidine rings is 1. The Morgan fingerprint density at radius 2 is 1.88 bits per heavy atom. The van der Waals surface area contributed by atoms with Crippen LogP contribution in [0.15, 0.2) is 29.9 Å². The molecule has 0 saturated carbocycles. The lowest BCUT2D eigenvalue weighted by Crippen LogP contribution is -2.41. The van der Waals surface area contributed by atoms with E-state index >= 15 is 0 Å². The third kappa shape index (κ3) is 6.98. The summed E-state index contributed by atoms with van der Waals surface area (Å²) in [7, 11) is 0. The Bertz CT molecular complexity index is 1440. The van der Waals surface area contributed by atoms with Gasteiger partial charge in [-0.15, -0.1) is 11.3 Å². The number of nitrogen functional groups attached to an aromatic ring is 1. The highest BCUT2D eigenvalue weighted by molar-refractivity contribution is 7.13. The van der Waals surface area contributed by atoms with E-state index < -0.39 is 36.0 Å². The van der Waals surface area contributed by atoms with E-state index in [1.54, 1.807) is 6.92 Å². The fraction of sp³-hybridized carbons (Fsp3) is 0.333. The van der Waals surface area contributed by atoms with E-state index in [0.717, 1.165) is 16.7 Å². The van der Waals surface area contributed by atoms with E-state index in [9.17, 15) is 32.7 Å². The number of urea groups is 1. The van der Waals surface area contributed by atoms with Crippen molar-refractivity contribution >= 4 is 35.2 Å². The number of alkyl halides is 3. The van der Waals surface area contributed by atoms with Crippen LogP contribution in [0.25, 0.3) is 21.7 Å². The molecule has 1 aliphatic rings. The van der Waals surface area contributed by atoms with Crippen molar-refractivity contribution in [3.05, 3.63) is 41.2 Å². The van der Waals surface area contributed by atoms with Crippen molar-refractivity contribution in [2.24, 2.45) is 5.84 Å². The number of halogens is 3. The molecule has 1 fully saturated rings. The first kappa shape index (κ1) is 29.5. The average Bonchev–Trinajstić information content (AvgIpc) is 3.45. The van der Waals surface area contributed by atoms with Crippen LogP contribution in [0.4, 0.5) is 28.6 Å². The number of carboxylic acid groups (broad SMARTS) is 1. The zero-order valence-electron chi connectivity index (χ0n) is 21.5. The molecule has 0 atom stereocenters. The van der Waals surface area contributed by atoms with Crippen LogP contribution in [0.3, 0.4) is 0 Å². The summed E-state index contributed by atoms with van der Waals surface area (Å²) in [6, 6.07) is 2.18. The second kappa shape index (κ2) is 12.3. The second-order valence-corrected chi connectivity index (χ2v) is 9.63. The smallest absolute Gasteiger partial charge is 0.434 e. The van der Waals surface area contributed by atoms with Crippen LogP contribution in [-0.4, -0.2) is 68.7 Å². The molecule has 0 bridgehead atoms. The summed E-state index contributed by atoms with van der Waals surface area (Å²) in [5, 5.41) is 15.1. The van der Waals surface area contributed by atoms with Crippen molar-refractivity contribution in [3.8, 4) is 27.6 Å². The van der Waals surface area contributed by atoms with Crippen LogP contribution >= 0.6 is 11.3 Å². The van der Waals surface area contributed by atoms with Crippen LogP contribution in [0.1, 0.15) is 35.8 Å². The van der Waals surface area contributed by atoms with Crippen molar-refractivity contribution in [2.75, 3.05) is 25.0 Å². The molecule has 13 nitrogen and oxygen atoms in total. The van der Waals surface area contributed by atoms with Gasteiger partial charge in [-0.05, 0) is 19.1 Å². The molecule has 41 heavy (non-hydrogen) atoms. The normalized spacial score (nSPS) is 13.9. The number of carbonyl (C=O) groups excluding carboxylic acids is 2. The van der Waals surface area contributed by atoms with Gasteiger partial charge in [-0.2, -0.15) is 13.2 Å². The molecule has 0 aliphatic carbocycles. The number of anilines is 1. The predicted octanol–water partition coefficient (Wildman–Crippen LogP) is 3.55. The summed E-state index contributed by atoms with van der Waals surface area (Å²) >= 11 is 0.727. The largest absolute Gasteiger partial charge is 0.474 e. The highest BCUT2D eigenvalue weighted by atomic mass is 32.1. The van der Waals surface area contributed by atoms with Crippen molar-refractivity contribution in [1.82, 2.24) is 30.6 Å². The molecule has 1 aliphatic heterocycles. The van der Waals surface area contributed by atoms with Gasteiger partial charge in [-0.1, -0.05) is 0 Å². The first-order valence-electron chi connectivity index (χ1n) is 12.2. The number of hydrogen-bond donors (Lipinski definition) is 5. The Morgan fingerprint density at radius 3 is 2.49 bits per heavy atom. The number of nitrogens with two attached hydrogens (primary N) is 1. The predicted molar refractivity (Wildman–Crippen MR) is 141 cm³/mol. The molecular weight excluding hydrogens is 569 g/mol. The lowest BCUT2D eigenvalue weighted by molar-refractivity contribution is -0.140. The molecule has 3 aromatic heterocycles. The molecule has 0 unspecified atom stereocenters. The van der Waals surface area contributed by atoms with Crippen molar-refractivity contribution < 1.29 is 37.4 Å². The van der Waals surface area contributed by atoms with Crippen molar-refractivity contribution in [3.63, 3.8) is 0 Å². The topological polar surface area (TPSA) is 185 Å². The van der Waals surface area contributed by atoms with Gasteiger partial charge in [0.1, 0.15) is 16.9 Å². The Hall–Kier alpha value is -4.51. The van der Waals surface area contributed by atoms with Crippen molar-refractivity contribution in [1.29, 1.82) is 0 Å². The maximum Gasteiger partial charge on any atom is 0.434 e. The number of hydrogen-bond acceptors (Lipinski definition) is 9. The molecule has 4 amide bonds. The molecular formula is C24H25F3N8O5S. The zero-order valence-corrected chi connectivity index (χ0v) is 22.3. The minimum atomic E-state index is -4.69. The number of carbonyl (C=O) groups is 3. The molecule has 218 valence electrons. The second-order valence-electron chi connectivity index (χ2n) is 8.77. The Balaban J connectivity index is 1.81. The first-order chi connectivity index (χ1) is 19.5. The number of likely N-dealkylation sites (tertiary alicyclic amines) is 1. The first-order valence-corrected chi connectivity index (χ1v) is 13.1. The molecule has 6 N–H and O–H groups in total. The number of rotatable bonds is 7. The Kier molecular flexibility index (Phi) is 8.87. The van der Waals surface area contributed by atoms with Gasteiger partial charge in [0.15, 0.2) is 5.69 Å². The van der Waals surface area contributed by atoms with E-state index in [4.69, 9.17) is 10.6 Å². The van der Waals surface area contributed by atoms with Gasteiger partial charge in [0.05, 0.1) is 5.56 Å². The lowest BCUT2D eigenvalue weighted by atomic mass is 10.0. The summed E-state index contributed by atoms with van der Waals surface area (Å²) in [5.41, 5.74) is 1.49. The van der Waals surface area contributed by atoms with Gasteiger partial charge in [0.25, 0.3) is 5.91 Å². The molecule has 0 spiro atoms. The molecule has 0 aromatic carbocycles. The van der Waals surface area contributed by atoms with Gasteiger partial charge in [0.2, 0.25) is 5.88 Å². The average molecular weight is 595 g/mol. The number of hydrazine groups is 1. The zero-order chi connectivity index (χ0) is 29.7. The molecule has 0 radical (unpaired) electrons. The maximum absolute atomic E-state index is 13.4. The van der Waals surface area contributed by atoms with Gasteiger partial charge in [0, 0.05) is 66.9 Å². The summed E-state index contributed by atoms with van der Waals surface area (Å²) in [6.07, 6.45) is -2.93. The lowest BCUT2D eigenvalue weighted by Gasteiger charge is -2.30. The number of ether oxygens (including phenoxy) is 1. The standard InChI is InChI=1S/C24H25F3N8O5S/c1-2-29-22(37)33-18-8-15(21-32-17(11-41-21)24(25,26)27)16(10-30-18)14-7-12(19(36)34-28)9-31-20(14)40-13-3-5-35(6-4-13)23(38)39/h7-11,13H,2-6,28H2,1H3,(H,34,36)(H,38,39)(H2,29,30,33,37). The third-order valence-electron chi connectivity index (χ3n) is 6.03. The number of nitrogens with zero attached hydrogens (tertiary/aromatic N) is 4. The summed E-state index contributed by atoms with van der Waals surface area (Å²) in [6.45, 7) is 2.50. The number of thiazole rings is 1. The van der Waals surface area contributed by atoms with Gasteiger partial charge in [-0.3, -0.25) is 15.5 Å². The number of amides is 4. The highest BCUT2D eigenvalue weighted by Gasteiger charge is 2.34. The van der Waals surface area contributed by atoms with E-state index in [-0.39, 0.29) is 52.0 Å². The highest BCUT2D eigenvalue weighted by Crippen LogP contribution is 2.41. The van der Waals surface area contributed by atoms with Crippen LogP contribution in [0.5, 0.6) is 5.88 Å². The Morgan fingerprint density at radius 1 is 1.15 bits per heavy atom. The Labute approximate surface area is 234 Å². The monoisotopic (exact) mass is 594 g/mol. The summed E-state index contributed by atoms with van der Waals surface area (Å²) in [5.74, 6) is 4.67. The van der Waals surface area contributed by atoms with Crippen LogP contribution in [0.2, 0.25) is 0 Å². The third-order valence-corrected chi connectivity index (χ3v) is 6.91. The molecule has 17 heteroatoms. The van der Waals surface area contributed by atoms with Gasteiger partial charge >= 0.3 is 18.3 Å². The SMILES string of the molecule is CCNC(=O)Nc1cc(-c2nc(C(F)(F)F)cs2)c(-c2cc(C(=O)NN)cnc2OC2CCN(C(=O)O)CC2)cn1. The minimum absolute atomic E-state index is 0.0288. The van der Waals surface area contributed by atoms with E-state index in [1.807, 2.05) is 5.43 Å². The number of nitrogens with one attached hydrogen (secondary N) is 3. The quantitative estimate of drug-likeness (QED) is 0.155. The van der Waals surface area contributed by atoms with Crippen LogP contribution in [-0.2, 0) is 6.18 Å². The van der Waals surface area contributed by atoms with Crippen molar-refractivity contribution in [2.45, 2.75) is 32.0 Å². The summed E-state index contributed by atoms with van der Waals surface area (Å²) < 4.78 is 46.3. The minimum Gasteiger partial charge on any atom is -0.474 e. The van der Waals surface area contributed by atoms with Gasteiger partial charge in [-0.25, -0.2) is 30.4 Å². The van der Waals surface area contributed by atoms with E-state index in [2.05, 4.69) is 25.6 Å². The maximum atomic E-state index is 13.4. The van der Waals surface area contributed by atoms with Crippen LogP contribution in [0, 0.1) is 0 Å². The van der Waals surface area contributed by atoms with Crippen LogP contribution < -0.4 is 26.6 Å². The fourth-order valence-corrected chi connectivity index (χ4v) is 4.89. The molecule has 1 saturated heterocycles. The number of pyridine rings is 2. The molecule has 3 aromatic rings. The van der Waals surface area contributed by atoms with E-state index in [1.165, 1.54) is 29.4 Å². The number of aromatic nitrogens is 3. The molecule has 4 heterocycles.